The Hall–Kier alpha value is -1.92. The molecule has 6 nitrogen and oxygen atoms in total. The molecule has 2 saturated heterocycles. The van der Waals surface area contributed by atoms with Gasteiger partial charge < -0.3 is 20.3 Å². The number of aryl methyl sites for hydroxylation is 1. The van der Waals surface area contributed by atoms with Crippen LogP contribution in [0.15, 0.2) is 24.3 Å². The topological polar surface area (TPSA) is 75.9 Å². The lowest BCUT2D eigenvalue weighted by Crippen LogP contribution is -2.44. The van der Waals surface area contributed by atoms with Crippen LogP contribution in [-0.4, -0.2) is 55.6 Å². The molecule has 0 aromatic heterocycles. The van der Waals surface area contributed by atoms with Crippen LogP contribution >= 0.6 is 0 Å². The molecule has 0 aliphatic carbocycles. The van der Waals surface area contributed by atoms with Crippen molar-refractivity contribution in [1.29, 1.82) is 0 Å². The number of nitrogens with zero attached hydrogens (tertiary/aromatic N) is 2. The molecule has 2 amide bonds. The average Bonchev–Trinajstić information content (AvgIpc) is 3.09. The average molecular weight is 373 g/mol. The van der Waals surface area contributed by atoms with Gasteiger partial charge >= 0.3 is 0 Å². The van der Waals surface area contributed by atoms with Gasteiger partial charge in [0.15, 0.2) is 0 Å². The number of anilines is 1. The number of rotatable bonds is 7. The summed E-state index contributed by atoms with van der Waals surface area (Å²) in [5.74, 6) is -0.0772. The first-order chi connectivity index (χ1) is 13.1. The summed E-state index contributed by atoms with van der Waals surface area (Å²) in [6.07, 6.45) is 4.00. The Balaban J connectivity index is 1.55. The van der Waals surface area contributed by atoms with Crippen molar-refractivity contribution in [3.63, 3.8) is 0 Å². The molecule has 1 aromatic rings. The van der Waals surface area contributed by atoms with Crippen LogP contribution < -0.4 is 10.6 Å². The number of nitrogens with two attached hydrogens (primary N) is 1. The van der Waals surface area contributed by atoms with E-state index in [0.717, 1.165) is 36.9 Å². The number of hydrogen-bond acceptors (Lipinski definition) is 4. The molecule has 1 atom stereocenters. The van der Waals surface area contributed by atoms with E-state index < -0.39 is 0 Å². The molecular formula is C21H31N3O3. The van der Waals surface area contributed by atoms with E-state index in [1.165, 1.54) is 0 Å². The standard InChI is InChI=1S/C21H31N3O3/c1-2-16-6-3-4-7-19(16)24-15-17(14-20(24)25)21(26)23-11-8-18(9-12-23)27-13-5-10-22/h3-4,6-7,17-18H,2,5,8-15,22H2,1H3/t17-/m1/s1. The highest BCUT2D eigenvalue weighted by molar-refractivity contribution is 6.00. The molecule has 148 valence electrons. The molecule has 2 heterocycles. The van der Waals surface area contributed by atoms with Gasteiger partial charge in [0.2, 0.25) is 11.8 Å². The van der Waals surface area contributed by atoms with Crippen molar-refractivity contribution >= 4 is 17.5 Å². The van der Waals surface area contributed by atoms with Crippen LogP contribution in [0.3, 0.4) is 0 Å². The number of ether oxygens (including phenoxy) is 1. The molecule has 27 heavy (non-hydrogen) atoms. The van der Waals surface area contributed by atoms with Gasteiger partial charge in [0, 0.05) is 38.3 Å². The predicted molar refractivity (Wildman–Crippen MR) is 106 cm³/mol. The lowest BCUT2D eigenvalue weighted by Gasteiger charge is -2.33. The first-order valence-corrected chi connectivity index (χ1v) is 10.1. The van der Waals surface area contributed by atoms with E-state index in [0.29, 0.717) is 39.2 Å². The van der Waals surface area contributed by atoms with Crippen LogP contribution in [0.5, 0.6) is 0 Å². The van der Waals surface area contributed by atoms with Crippen LogP contribution in [0.1, 0.15) is 38.2 Å². The van der Waals surface area contributed by atoms with Crippen LogP contribution in [0, 0.1) is 5.92 Å². The molecule has 0 spiro atoms. The monoisotopic (exact) mass is 373 g/mol. The fraction of sp³-hybridized carbons (Fsp3) is 0.619. The third-order valence-electron chi connectivity index (χ3n) is 5.59. The molecule has 2 aliphatic heterocycles. The normalized spacial score (nSPS) is 21.1. The molecule has 6 heteroatoms. The molecule has 2 fully saturated rings. The smallest absolute Gasteiger partial charge is 0.228 e. The van der Waals surface area contributed by atoms with E-state index in [4.69, 9.17) is 10.5 Å². The zero-order valence-electron chi connectivity index (χ0n) is 16.2. The Morgan fingerprint density at radius 1 is 1.26 bits per heavy atom. The van der Waals surface area contributed by atoms with E-state index in [9.17, 15) is 9.59 Å². The van der Waals surface area contributed by atoms with Gasteiger partial charge in [0.25, 0.3) is 0 Å². The zero-order chi connectivity index (χ0) is 19.2. The maximum atomic E-state index is 12.9. The Kier molecular flexibility index (Phi) is 6.85. The van der Waals surface area contributed by atoms with Crippen molar-refractivity contribution in [3.8, 4) is 0 Å². The number of piperidine rings is 1. The summed E-state index contributed by atoms with van der Waals surface area (Å²) in [7, 11) is 0. The van der Waals surface area contributed by atoms with E-state index in [1.54, 1.807) is 4.90 Å². The van der Waals surface area contributed by atoms with Gasteiger partial charge in [0.1, 0.15) is 0 Å². The Morgan fingerprint density at radius 2 is 2.00 bits per heavy atom. The SMILES string of the molecule is CCc1ccccc1N1C[C@H](C(=O)N2CCC(OCCCN)CC2)CC1=O. The van der Waals surface area contributed by atoms with E-state index >= 15 is 0 Å². The highest BCUT2D eigenvalue weighted by atomic mass is 16.5. The van der Waals surface area contributed by atoms with Crippen LogP contribution in [0.25, 0.3) is 0 Å². The third kappa shape index (κ3) is 4.68. The molecule has 2 aliphatic rings. The lowest BCUT2D eigenvalue weighted by atomic mass is 10.0. The highest BCUT2D eigenvalue weighted by Gasteiger charge is 2.38. The van der Waals surface area contributed by atoms with Gasteiger partial charge in [-0.3, -0.25) is 9.59 Å². The van der Waals surface area contributed by atoms with Crippen LogP contribution in [0.4, 0.5) is 5.69 Å². The number of carbonyl (C=O) groups excluding carboxylic acids is 2. The minimum absolute atomic E-state index is 0.0502. The second-order valence-corrected chi connectivity index (χ2v) is 7.43. The fourth-order valence-corrected chi connectivity index (χ4v) is 4.01. The highest BCUT2D eigenvalue weighted by Crippen LogP contribution is 2.30. The fourth-order valence-electron chi connectivity index (χ4n) is 4.01. The van der Waals surface area contributed by atoms with Gasteiger partial charge in [-0.15, -0.1) is 0 Å². The molecule has 2 N–H and O–H groups in total. The molecule has 0 saturated carbocycles. The van der Waals surface area contributed by atoms with Crippen LogP contribution in [-0.2, 0) is 20.7 Å². The third-order valence-corrected chi connectivity index (χ3v) is 5.59. The summed E-state index contributed by atoms with van der Waals surface area (Å²) in [6.45, 7) is 5.33. The van der Waals surface area contributed by atoms with Crippen molar-refractivity contribution in [1.82, 2.24) is 4.90 Å². The number of carbonyl (C=O) groups is 2. The zero-order valence-corrected chi connectivity index (χ0v) is 16.2. The lowest BCUT2D eigenvalue weighted by molar-refractivity contribution is -0.138. The quantitative estimate of drug-likeness (QED) is 0.742. The van der Waals surface area contributed by atoms with E-state index in [2.05, 4.69) is 6.92 Å². The molecular weight excluding hydrogens is 342 g/mol. The van der Waals surface area contributed by atoms with Crippen molar-refractivity contribution < 1.29 is 14.3 Å². The summed E-state index contributed by atoms with van der Waals surface area (Å²) in [4.78, 5) is 29.2. The minimum Gasteiger partial charge on any atom is -0.378 e. The van der Waals surface area contributed by atoms with Crippen molar-refractivity contribution in [2.75, 3.05) is 37.7 Å². The molecule has 0 bridgehead atoms. The summed E-state index contributed by atoms with van der Waals surface area (Å²) in [5, 5.41) is 0. The second kappa shape index (κ2) is 9.33. The first-order valence-electron chi connectivity index (χ1n) is 10.1. The number of benzene rings is 1. The molecule has 3 rings (SSSR count). The van der Waals surface area contributed by atoms with Gasteiger partial charge in [-0.25, -0.2) is 0 Å². The number of amides is 2. The maximum Gasteiger partial charge on any atom is 0.228 e. The summed E-state index contributed by atoms with van der Waals surface area (Å²) in [6, 6.07) is 7.97. The molecule has 0 unspecified atom stereocenters. The number of likely N-dealkylation sites (tertiary alicyclic amines) is 1. The first kappa shape index (κ1) is 19.8. The summed E-state index contributed by atoms with van der Waals surface area (Å²) in [5.41, 5.74) is 7.59. The van der Waals surface area contributed by atoms with E-state index in [-0.39, 0.29) is 23.8 Å². The van der Waals surface area contributed by atoms with Gasteiger partial charge in [-0.1, -0.05) is 25.1 Å². The van der Waals surface area contributed by atoms with Crippen molar-refractivity contribution in [2.24, 2.45) is 11.7 Å². The Morgan fingerprint density at radius 3 is 2.70 bits per heavy atom. The molecule has 0 radical (unpaired) electrons. The van der Waals surface area contributed by atoms with Crippen LogP contribution in [0.2, 0.25) is 0 Å². The molecule has 1 aromatic carbocycles. The Labute approximate surface area is 161 Å². The van der Waals surface area contributed by atoms with E-state index in [1.807, 2.05) is 29.2 Å². The second-order valence-electron chi connectivity index (χ2n) is 7.43. The predicted octanol–water partition coefficient (Wildman–Crippen LogP) is 1.96. The Bertz CT molecular complexity index is 656. The van der Waals surface area contributed by atoms with Crippen molar-refractivity contribution in [3.05, 3.63) is 29.8 Å². The number of para-hydroxylation sites is 1. The van der Waals surface area contributed by atoms with Crippen molar-refractivity contribution in [2.45, 2.75) is 45.1 Å². The van der Waals surface area contributed by atoms with Gasteiger partial charge in [-0.2, -0.15) is 0 Å². The van der Waals surface area contributed by atoms with Gasteiger partial charge in [-0.05, 0) is 43.9 Å². The van der Waals surface area contributed by atoms with Gasteiger partial charge in [0.05, 0.1) is 12.0 Å². The maximum absolute atomic E-state index is 12.9. The number of hydrogen-bond donors (Lipinski definition) is 1. The minimum atomic E-state index is -0.239. The largest absolute Gasteiger partial charge is 0.378 e. The summed E-state index contributed by atoms with van der Waals surface area (Å²) >= 11 is 0. The summed E-state index contributed by atoms with van der Waals surface area (Å²) < 4.78 is 5.81.